The van der Waals surface area contributed by atoms with E-state index in [2.05, 4.69) is 14.9 Å². The fraction of sp³-hybridized carbons (Fsp3) is 0.636. The Balaban J connectivity index is 2.29. The standard InChI is InChI=1S/C11H18N4O/c1-8-10(13-7-14-11(8)16-2)15(6-5-12)9-3-4-9/h7,9H,3-6,12H2,1-2H3. The van der Waals surface area contributed by atoms with Gasteiger partial charge in [-0.2, -0.15) is 0 Å². The Bertz CT molecular complexity index is 365. The maximum absolute atomic E-state index is 5.64. The predicted octanol–water partition coefficient (Wildman–Crippen LogP) is 0.721. The number of hydrogen-bond donors (Lipinski definition) is 1. The number of hydrogen-bond acceptors (Lipinski definition) is 5. The number of ether oxygens (including phenoxy) is 1. The molecule has 1 saturated carbocycles. The molecule has 0 bridgehead atoms. The van der Waals surface area contributed by atoms with Crippen molar-refractivity contribution >= 4 is 5.82 Å². The van der Waals surface area contributed by atoms with Crippen LogP contribution in [0.3, 0.4) is 0 Å². The molecule has 1 aliphatic rings. The highest BCUT2D eigenvalue weighted by Crippen LogP contribution is 2.33. The van der Waals surface area contributed by atoms with Gasteiger partial charge in [0.15, 0.2) is 0 Å². The molecular formula is C11H18N4O. The van der Waals surface area contributed by atoms with Gasteiger partial charge in [-0.05, 0) is 19.8 Å². The molecule has 1 heterocycles. The van der Waals surface area contributed by atoms with Gasteiger partial charge in [-0.25, -0.2) is 9.97 Å². The van der Waals surface area contributed by atoms with E-state index in [1.54, 1.807) is 13.4 Å². The predicted molar refractivity (Wildman–Crippen MR) is 62.7 cm³/mol. The summed E-state index contributed by atoms with van der Waals surface area (Å²) >= 11 is 0. The van der Waals surface area contributed by atoms with Gasteiger partial charge >= 0.3 is 0 Å². The van der Waals surface area contributed by atoms with Crippen LogP contribution in [0.4, 0.5) is 5.82 Å². The van der Waals surface area contributed by atoms with E-state index >= 15 is 0 Å². The summed E-state index contributed by atoms with van der Waals surface area (Å²) in [5.74, 6) is 1.60. The molecule has 1 aliphatic carbocycles. The molecular weight excluding hydrogens is 204 g/mol. The second-order valence-electron chi connectivity index (χ2n) is 4.04. The first-order valence-electron chi connectivity index (χ1n) is 5.60. The second kappa shape index (κ2) is 4.65. The summed E-state index contributed by atoms with van der Waals surface area (Å²) in [4.78, 5) is 10.7. The Morgan fingerprint density at radius 2 is 2.25 bits per heavy atom. The van der Waals surface area contributed by atoms with Crippen molar-refractivity contribution in [3.8, 4) is 5.88 Å². The van der Waals surface area contributed by atoms with Gasteiger partial charge in [-0.3, -0.25) is 0 Å². The van der Waals surface area contributed by atoms with Crippen molar-refractivity contribution in [3.63, 3.8) is 0 Å². The fourth-order valence-electron chi connectivity index (χ4n) is 1.91. The van der Waals surface area contributed by atoms with E-state index in [-0.39, 0.29) is 0 Å². The summed E-state index contributed by atoms with van der Waals surface area (Å²) in [6.45, 7) is 3.47. The molecule has 2 N–H and O–H groups in total. The Morgan fingerprint density at radius 3 is 2.81 bits per heavy atom. The van der Waals surface area contributed by atoms with Gasteiger partial charge in [-0.1, -0.05) is 0 Å². The van der Waals surface area contributed by atoms with Crippen molar-refractivity contribution in [1.29, 1.82) is 0 Å². The third kappa shape index (κ3) is 2.09. The summed E-state index contributed by atoms with van der Waals surface area (Å²) in [7, 11) is 1.63. The van der Waals surface area contributed by atoms with Gasteiger partial charge < -0.3 is 15.4 Å². The minimum atomic E-state index is 0.599. The molecule has 5 heteroatoms. The van der Waals surface area contributed by atoms with Crippen LogP contribution in [-0.4, -0.2) is 36.2 Å². The molecule has 1 fully saturated rings. The lowest BCUT2D eigenvalue weighted by atomic mass is 10.3. The van der Waals surface area contributed by atoms with E-state index < -0.39 is 0 Å². The van der Waals surface area contributed by atoms with Crippen molar-refractivity contribution < 1.29 is 4.74 Å². The van der Waals surface area contributed by atoms with Gasteiger partial charge in [0.2, 0.25) is 5.88 Å². The van der Waals surface area contributed by atoms with Crippen LogP contribution in [0.25, 0.3) is 0 Å². The van der Waals surface area contributed by atoms with E-state index in [1.165, 1.54) is 12.8 Å². The van der Waals surface area contributed by atoms with Crippen LogP contribution in [-0.2, 0) is 0 Å². The maximum Gasteiger partial charge on any atom is 0.221 e. The van der Waals surface area contributed by atoms with Crippen LogP contribution in [0.15, 0.2) is 6.33 Å². The Morgan fingerprint density at radius 1 is 1.50 bits per heavy atom. The number of anilines is 1. The molecule has 0 aliphatic heterocycles. The Hall–Kier alpha value is -1.36. The summed E-state index contributed by atoms with van der Waals surface area (Å²) in [5, 5.41) is 0. The van der Waals surface area contributed by atoms with E-state index in [0.29, 0.717) is 18.5 Å². The molecule has 0 atom stereocenters. The van der Waals surface area contributed by atoms with Crippen molar-refractivity contribution in [2.45, 2.75) is 25.8 Å². The van der Waals surface area contributed by atoms with Crippen LogP contribution < -0.4 is 15.4 Å². The molecule has 0 spiro atoms. The SMILES string of the molecule is COc1ncnc(N(CCN)C2CC2)c1C. The number of nitrogens with two attached hydrogens (primary N) is 1. The van der Waals surface area contributed by atoms with E-state index in [9.17, 15) is 0 Å². The van der Waals surface area contributed by atoms with Crippen molar-refractivity contribution in [2.75, 3.05) is 25.1 Å². The van der Waals surface area contributed by atoms with Crippen LogP contribution in [0.1, 0.15) is 18.4 Å². The molecule has 16 heavy (non-hydrogen) atoms. The highest BCUT2D eigenvalue weighted by atomic mass is 16.5. The highest BCUT2D eigenvalue weighted by molar-refractivity contribution is 5.51. The molecule has 1 aromatic rings. The molecule has 1 aromatic heterocycles. The van der Waals surface area contributed by atoms with Gasteiger partial charge in [0.05, 0.1) is 12.7 Å². The smallest absolute Gasteiger partial charge is 0.221 e. The maximum atomic E-state index is 5.64. The molecule has 0 unspecified atom stereocenters. The zero-order valence-electron chi connectivity index (χ0n) is 9.81. The number of rotatable bonds is 5. The monoisotopic (exact) mass is 222 g/mol. The van der Waals surface area contributed by atoms with Crippen LogP contribution >= 0.6 is 0 Å². The van der Waals surface area contributed by atoms with Crippen molar-refractivity contribution in [3.05, 3.63) is 11.9 Å². The van der Waals surface area contributed by atoms with Crippen molar-refractivity contribution in [1.82, 2.24) is 9.97 Å². The molecule has 0 saturated heterocycles. The van der Waals surface area contributed by atoms with Gasteiger partial charge in [-0.15, -0.1) is 0 Å². The minimum Gasteiger partial charge on any atom is -0.481 e. The summed E-state index contributed by atoms with van der Waals surface area (Å²) in [6, 6.07) is 0.599. The molecule has 2 rings (SSSR count). The van der Waals surface area contributed by atoms with Crippen LogP contribution in [0.2, 0.25) is 0 Å². The molecule has 0 radical (unpaired) electrons. The quantitative estimate of drug-likeness (QED) is 0.795. The average Bonchev–Trinajstić information content (AvgIpc) is 3.11. The molecule has 88 valence electrons. The number of nitrogens with zero attached hydrogens (tertiary/aromatic N) is 3. The molecule has 0 aromatic carbocycles. The first-order valence-corrected chi connectivity index (χ1v) is 5.60. The third-order valence-corrected chi connectivity index (χ3v) is 2.83. The zero-order chi connectivity index (χ0) is 11.5. The Labute approximate surface area is 95.6 Å². The third-order valence-electron chi connectivity index (χ3n) is 2.83. The summed E-state index contributed by atoms with van der Waals surface area (Å²) in [6.07, 6.45) is 4.00. The molecule has 5 nitrogen and oxygen atoms in total. The van der Waals surface area contributed by atoms with Gasteiger partial charge in [0.1, 0.15) is 12.1 Å². The number of methoxy groups -OCH3 is 1. The summed E-state index contributed by atoms with van der Waals surface area (Å²) in [5.41, 5.74) is 6.63. The molecule has 0 amide bonds. The fourth-order valence-corrected chi connectivity index (χ4v) is 1.91. The van der Waals surface area contributed by atoms with Gasteiger partial charge in [0.25, 0.3) is 0 Å². The zero-order valence-corrected chi connectivity index (χ0v) is 9.81. The lowest BCUT2D eigenvalue weighted by Gasteiger charge is -2.24. The first kappa shape index (κ1) is 11.1. The lowest BCUT2D eigenvalue weighted by Crippen LogP contribution is -2.32. The van der Waals surface area contributed by atoms with Crippen LogP contribution in [0, 0.1) is 6.92 Å². The second-order valence-corrected chi connectivity index (χ2v) is 4.04. The first-order chi connectivity index (χ1) is 7.77. The topological polar surface area (TPSA) is 64.3 Å². The minimum absolute atomic E-state index is 0.599. The average molecular weight is 222 g/mol. The van der Waals surface area contributed by atoms with Crippen molar-refractivity contribution in [2.24, 2.45) is 5.73 Å². The normalized spacial score (nSPS) is 14.9. The van der Waals surface area contributed by atoms with Crippen LogP contribution in [0.5, 0.6) is 5.88 Å². The largest absolute Gasteiger partial charge is 0.481 e. The van der Waals surface area contributed by atoms with Gasteiger partial charge in [0, 0.05) is 19.1 Å². The van der Waals surface area contributed by atoms with E-state index in [4.69, 9.17) is 10.5 Å². The number of aromatic nitrogens is 2. The highest BCUT2D eigenvalue weighted by Gasteiger charge is 2.30. The van der Waals surface area contributed by atoms with E-state index in [0.717, 1.165) is 17.9 Å². The lowest BCUT2D eigenvalue weighted by molar-refractivity contribution is 0.393. The summed E-state index contributed by atoms with van der Waals surface area (Å²) < 4.78 is 5.21. The van der Waals surface area contributed by atoms with E-state index in [1.807, 2.05) is 6.92 Å². The Kier molecular flexibility index (Phi) is 3.24.